The molecule has 0 amide bonds. The number of halogens is 1. The third-order valence-corrected chi connectivity index (χ3v) is 5.55. The van der Waals surface area contributed by atoms with Crippen LogP contribution in [0.3, 0.4) is 0 Å². The second kappa shape index (κ2) is 6.31. The summed E-state index contributed by atoms with van der Waals surface area (Å²) in [6.07, 6.45) is 2.14. The lowest BCUT2D eigenvalue weighted by atomic mass is 9.85. The minimum Gasteiger partial charge on any atom is -0.378 e. The summed E-state index contributed by atoms with van der Waals surface area (Å²) in [4.78, 5) is 25.3. The molecule has 4 rings (SSSR count). The monoisotopic (exact) mass is 398 g/mol. The van der Waals surface area contributed by atoms with Gasteiger partial charge in [-0.25, -0.2) is 4.39 Å². The van der Waals surface area contributed by atoms with E-state index in [1.165, 1.54) is 12.1 Å². The van der Waals surface area contributed by atoms with Gasteiger partial charge in [-0.1, -0.05) is 17.7 Å². The smallest absolute Gasteiger partial charge is 0.339 e. The number of benzene rings is 2. The minimum atomic E-state index is -4.31. The van der Waals surface area contributed by atoms with E-state index in [2.05, 4.69) is 10.2 Å². The number of carbonyl (C=O) groups is 2. The highest BCUT2D eigenvalue weighted by Gasteiger charge is 2.36. The van der Waals surface area contributed by atoms with Gasteiger partial charge in [-0.3, -0.25) is 9.59 Å². The zero-order valence-corrected chi connectivity index (χ0v) is 15.2. The molecule has 140 valence electrons. The maximum absolute atomic E-state index is 14.4. The van der Waals surface area contributed by atoms with Crippen molar-refractivity contribution in [1.29, 1.82) is 0 Å². The number of rotatable bonds is 3. The first-order valence-electron chi connectivity index (χ1n) is 8.03. The van der Waals surface area contributed by atoms with Crippen molar-refractivity contribution >= 4 is 21.7 Å². The lowest BCUT2D eigenvalue weighted by Crippen LogP contribution is -2.25. The molecular weight excluding hydrogens is 387 g/mol. The molecule has 0 atom stereocenters. The van der Waals surface area contributed by atoms with E-state index in [1.54, 1.807) is 19.1 Å². The van der Waals surface area contributed by atoms with Crippen molar-refractivity contribution in [3.8, 4) is 5.75 Å². The highest BCUT2D eigenvalue weighted by molar-refractivity contribution is 7.87. The highest BCUT2D eigenvalue weighted by atomic mass is 32.2. The molecule has 0 radical (unpaired) electrons. The zero-order chi connectivity index (χ0) is 20.1. The van der Waals surface area contributed by atoms with Gasteiger partial charge < -0.3 is 4.18 Å². The van der Waals surface area contributed by atoms with Gasteiger partial charge in [-0.15, -0.1) is 0 Å². The molecule has 0 fully saturated rings. The first-order chi connectivity index (χ1) is 13.3. The number of hydrogen-bond donors (Lipinski definition) is 0. The van der Waals surface area contributed by atoms with E-state index in [0.717, 1.165) is 30.1 Å². The lowest BCUT2D eigenvalue weighted by molar-refractivity contribution is 0.0973. The highest BCUT2D eigenvalue weighted by Crippen LogP contribution is 2.35. The fourth-order valence-corrected chi connectivity index (χ4v) is 3.84. The van der Waals surface area contributed by atoms with Gasteiger partial charge >= 0.3 is 10.1 Å². The number of aryl methyl sites for hydroxylation is 1. The van der Waals surface area contributed by atoms with Crippen molar-refractivity contribution in [2.45, 2.75) is 11.8 Å². The van der Waals surface area contributed by atoms with Gasteiger partial charge in [-0.2, -0.15) is 18.6 Å². The van der Waals surface area contributed by atoms with Crippen LogP contribution in [0.25, 0.3) is 0 Å². The van der Waals surface area contributed by atoms with Crippen molar-refractivity contribution in [2.24, 2.45) is 0 Å². The van der Waals surface area contributed by atoms with Gasteiger partial charge in [0.1, 0.15) is 10.7 Å². The Morgan fingerprint density at radius 3 is 2.04 bits per heavy atom. The molecule has 1 aliphatic carbocycles. The Bertz CT molecular complexity index is 1250. The van der Waals surface area contributed by atoms with Gasteiger partial charge in [-0.05, 0) is 31.2 Å². The van der Waals surface area contributed by atoms with Crippen molar-refractivity contribution in [3.63, 3.8) is 0 Å². The quantitative estimate of drug-likeness (QED) is 0.488. The molecule has 28 heavy (non-hydrogen) atoms. The molecule has 1 aliphatic rings. The third-order valence-electron chi connectivity index (χ3n) is 4.30. The number of ketones is 2. The summed E-state index contributed by atoms with van der Waals surface area (Å²) in [5.41, 5.74) is -0.375. The molecule has 0 N–H and O–H groups in total. The van der Waals surface area contributed by atoms with E-state index in [0.29, 0.717) is 0 Å². The van der Waals surface area contributed by atoms with Crippen LogP contribution < -0.4 is 4.18 Å². The Labute approximate surface area is 158 Å². The summed E-state index contributed by atoms with van der Waals surface area (Å²) in [6.45, 7) is 1.79. The Kier molecular flexibility index (Phi) is 4.04. The number of carbonyl (C=O) groups excluding carboxylic acids is 2. The summed E-state index contributed by atoms with van der Waals surface area (Å²) in [5.74, 6) is -2.96. The van der Waals surface area contributed by atoms with Crippen molar-refractivity contribution in [1.82, 2.24) is 10.2 Å². The van der Waals surface area contributed by atoms with Crippen LogP contribution in [-0.2, 0) is 10.1 Å². The van der Waals surface area contributed by atoms with Gasteiger partial charge in [0.2, 0.25) is 0 Å². The van der Waals surface area contributed by atoms with E-state index >= 15 is 0 Å². The van der Waals surface area contributed by atoms with E-state index in [4.69, 9.17) is 4.18 Å². The molecular formula is C19H11FN2O5S. The fourth-order valence-electron chi connectivity index (χ4n) is 2.90. The van der Waals surface area contributed by atoms with Gasteiger partial charge in [0.05, 0.1) is 34.6 Å². The molecule has 0 bridgehead atoms. The van der Waals surface area contributed by atoms with E-state index < -0.39 is 44.4 Å². The van der Waals surface area contributed by atoms with Crippen molar-refractivity contribution in [2.75, 3.05) is 0 Å². The Balaban J connectivity index is 1.86. The molecule has 3 aromatic rings. The number of fused-ring (bicyclic) bond motifs is 2. The molecule has 1 heterocycles. The molecule has 0 unspecified atom stereocenters. The normalized spacial score (nSPS) is 13.1. The largest absolute Gasteiger partial charge is 0.378 e. The number of nitrogens with zero attached hydrogens (tertiary/aromatic N) is 2. The molecule has 9 heteroatoms. The first kappa shape index (κ1) is 17.9. The summed E-state index contributed by atoms with van der Waals surface area (Å²) >= 11 is 0. The molecule has 2 aromatic carbocycles. The molecule has 0 spiro atoms. The standard InChI is InChI=1S/C19H11FN2O5S/c1-10-2-4-11(5-3-10)28(25,26)27-15-7-6-14(20)16-17(15)19(24)13-9-22-21-8-12(13)18(16)23/h2-9H,1H3. The summed E-state index contributed by atoms with van der Waals surface area (Å²) in [5, 5.41) is 7.10. The molecule has 0 saturated carbocycles. The predicted octanol–water partition coefficient (Wildman–Crippen LogP) is 2.47. The van der Waals surface area contributed by atoms with Crippen LogP contribution in [0.4, 0.5) is 4.39 Å². The Hall–Kier alpha value is -3.46. The Morgan fingerprint density at radius 2 is 1.43 bits per heavy atom. The summed E-state index contributed by atoms with van der Waals surface area (Å²) < 4.78 is 44.6. The maximum atomic E-state index is 14.4. The fraction of sp³-hybridized carbons (Fsp3) is 0.0526. The van der Waals surface area contributed by atoms with E-state index in [9.17, 15) is 22.4 Å². The third kappa shape index (κ3) is 2.76. The summed E-state index contributed by atoms with van der Waals surface area (Å²) in [7, 11) is -4.31. The topological polar surface area (TPSA) is 103 Å². The van der Waals surface area contributed by atoms with Crippen molar-refractivity contribution in [3.05, 3.63) is 82.4 Å². The van der Waals surface area contributed by atoms with Crippen molar-refractivity contribution < 1.29 is 26.6 Å². The first-order valence-corrected chi connectivity index (χ1v) is 9.44. The van der Waals surface area contributed by atoms with E-state index in [1.807, 2.05) is 0 Å². The summed E-state index contributed by atoms with van der Waals surface area (Å²) in [6, 6.07) is 7.74. The second-order valence-electron chi connectivity index (χ2n) is 6.12. The van der Waals surface area contributed by atoms with Gasteiger partial charge in [0.25, 0.3) is 0 Å². The molecule has 1 aromatic heterocycles. The average molecular weight is 398 g/mol. The molecule has 0 saturated heterocycles. The average Bonchev–Trinajstić information content (AvgIpc) is 2.67. The zero-order valence-electron chi connectivity index (χ0n) is 14.3. The van der Waals surface area contributed by atoms with Crippen LogP contribution in [0.5, 0.6) is 5.75 Å². The predicted molar refractivity (Wildman–Crippen MR) is 94.3 cm³/mol. The van der Waals surface area contributed by atoms with E-state index in [-0.39, 0.29) is 16.0 Å². The number of aromatic nitrogens is 2. The lowest BCUT2D eigenvalue weighted by Gasteiger charge is -2.19. The van der Waals surface area contributed by atoms with Crippen LogP contribution >= 0.6 is 0 Å². The molecule has 7 nitrogen and oxygen atoms in total. The van der Waals surface area contributed by atoms with Gasteiger partial charge in [0, 0.05) is 0 Å². The van der Waals surface area contributed by atoms with Gasteiger partial charge in [0.15, 0.2) is 17.3 Å². The van der Waals surface area contributed by atoms with Crippen LogP contribution in [0.2, 0.25) is 0 Å². The minimum absolute atomic E-state index is 0.101. The SMILES string of the molecule is Cc1ccc(S(=O)(=O)Oc2ccc(F)c3c2C(=O)c2cnncc2C3=O)cc1. The second-order valence-corrected chi connectivity index (χ2v) is 7.67. The maximum Gasteiger partial charge on any atom is 0.339 e. The number of hydrogen-bond acceptors (Lipinski definition) is 7. The van der Waals surface area contributed by atoms with Crippen LogP contribution in [0.1, 0.15) is 37.4 Å². The Morgan fingerprint density at radius 1 is 0.857 bits per heavy atom. The van der Waals surface area contributed by atoms with Crippen LogP contribution in [0, 0.1) is 12.7 Å². The van der Waals surface area contributed by atoms with Crippen LogP contribution in [0.15, 0.2) is 53.7 Å². The van der Waals surface area contributed by atoms with Crippen LogP contribution in [-0.4, -0.2) is 30.2 Å². The molecule has 0 aliphatic heterocycles.